The number of ether oxygens (including phenoxy) is 2. The zero-order valence-electron chi connectivity index (χ0n) is 12.1. The van der Waals surface area contributed by atoms with E-state index in [1.807, 2.05) is 24.3 Å². The van der Waals surface area contributed by atoms with Crippen molar-refractivity contribution in [2.24, 2.45) is 0 Å². The van der Waals surface area contributed by atoms with Crippen LogP contribution in [0.25, 0.3) is 11.4 Å². The number of hydrogen-bond acceptors (Lipinski definition) is 6. The van der Waals surface area contributed by atoms with Crippen LogP contribution in [0.3, 0.4) is 0 Å². The number of aromatic nitrogens is 3. The maximum absolute atomic E-state index is 12.0. The smallest absolute Gasteiger partial charge is 0.442 e. The van der Waals surface area contributed by atoms with E-state index in [0.29, 0.717) is 37.1 Å². The van der Waals surface area contributed by atoms with Crippen LogP contribution in [0.5, 0.6) is 11.5 Å². The number of nitrogens with zero attached hydrogens (tertiary/aromatic N) is 3. The largest absolute Gasteiger partial charge is 0.486 e. The highest BCUT2D eigenvalue weighted by atomic mass is 16.6. The number of pyridine rings is 1. The van der Waals surface area contributed by atoms with Crippen molar-refractivity contribution < 1.29 is 14.0 Å². The highest BCUT2D eigenvalue weighted by molar-refractivity contribution is 5.53. The third kappa shape index (κ3) is 2.57. The Morgan fingerprint density at radius 2 is 2.00 bits per heavy atom. The van der Waals surface area contributed by atoms with Gasteiger partial charge in [-0.3, -0.25) is 14.1 Å². The number of hydrogen-bond donors (Lipinski definition) is 0. The summed E-state index contributed by atoms with van der Waals surface area (Å²) in [6, 6.07) is 9.20. The van der Waals surface area contributed by atoms with Crippen molar-refractivity contribution in [1.82, 2.24) is 14.7 Å². The SMILES string of the molecule is O=c1onc(-c2cccnc2)n1Cc1ccc2c(c1)OCCO2. The quantitative estimate of drug-likeness (QED) is 0.733. The van der Waals surface area contributed by atoms with Crippen LogP contribution in [0.2, 0.25) is 0 Å². The average molecular weight is 311 g/mol. The fourth-order valence-corrected chi connectivity index (χ4v) is 2.48. The Bertz CT molecular complexity index is 886. The predicted octanol–water partition coefficient (Wildman–Crippen LogP) is 1.72. The Kier molecular flexibility index (Phi) is 3.30. The molecule has 2 aromatic heterocycles. The summed E-state index contributed by atoms with van der Waals surface area (Å²) in [7, 11) is 0. The van der Waals surface area contributed by atoms with Gasteiger partial charge in [0.15, 0.2) is 17.3 Å². The minimum absolute atomic E-state index is 0.323. The topological polar surface area (TPSA) is 79.4 Å². The summed E-state index contributed by atoms with van der Waals surface area (Å²) < 4.78 is 17.3. The van der Waals surface area contributed by atoms with Crippen molar-refractivity contribution in [1.29, 1.82) is 0 Å². The Morgan fingerprint density at radius 1 is 1.13 bits per heavy atom. The van der Waals surface area contributed by atoms with Crippen LogP contribution < -0.4 is 15.2 Å². The van der Waals surface area contributed by atoms with Crippen LogP contribution >= 0.6 is 0 Å². The van der Waals surface area contributed by atoms with Crippen molar-refractivity contribution in [3.05, 3.63) is 58.8 Å². The van der Waals surface area contributed by atoms with Gasteiger partial charge >= 0.3 is 5.76 Å². The molecule has 3 heterocycles. The summed E-state index contributed by atoms with van der Waals surface area (Å²) in [6.45, 7) is 1.39. The first-order chi connectivity index (χ1) is 11.3. The van der Waals surface area contributed by atoms with E-state index in [4.69, 9.17) is 14.0 Å². The van der Waals surface area contributed by atoms with Crippen LogP contribution in [0, 0.1) is 0 Å². The second kappa shape index (κ2) is 5.60. The second-order valence-corrected chi connectivity index (χ2v) is 5.08. The van der Waals surface area contributed by atoms with Gasteiger partial charge in [-0.1, -0.05) is 11.2 Å². The maximum Gasteiger partial charge on any atom is 0.442 e. The summed E-state index contributed by atoms with van der Waals surface area (Å²) in [5.41, 5.74) is 1.61. The van der Waals surface area contributed by atoms with Crippen molar-refractivity contribution in [2.45, 2.75) is 6.54 Å². The molecule has 0 fully saturated rings. The molecule has 0 spiro atoms. The molecule has 0 amide bonds. The summed E-state index contributed by atoms with van der Waals surface area (Å²) in [6.07, 6.45) is 3.30. The maximum atomic E-state index is 12.0. The van der Waals surface area contributed by atoms with Crippen molar-refractivity contribution in [2.75, 3.05) is 13.2 Å². The second-order valence-electron chi connectivity index (χ2n) is 5.08. The van der Waals surface area contributed by atoms with Gasteiger partial charge in [-0.15, -0.1) is 0 Å². The van der Waals surface area contributed by atoms with E-state index in [2.05, 4.69) is 10.1 Å². The summed E-state index contributed by atoms with van der Waals surface area (Å²) >= 11 is 0. The van der Waals surface area contributed by atoms with E-state index in [9.17, 15) is 4.79 Å². The van der Waals surface area contributed by atoms with Gasteiger partial charge in [0.1, 0.15) is 13.2 Å². The minimum atomic E-state index is -0.515. The van der Waals surface area contributed by atoms with Gasteiger partial charge in [0, 0.05) is 18.0 Å². The van der Waals surface area contributed by atoms with Crippen LogP contribution in [-0.4, -0.2) is 27.9 Å². The fraction of sp³-hybridized carbons (Fsp3) is 0.188. The molecular weight excluding hydrogens is 298 g/mol. The molecule has 1 aliphatic heterocycles. The monoisotopic (exact) mass is 311 g/mol. The van der Waals surface area contributed by atoms with E-state index < -0.39 is 5.76 Å². The van der Waals surface area contributed by atoms with E-state index in [-0.39, 0.29) is 0 Å². The molecular formula is C16H13N3O4. The van der Waals surface area contributed by atoms with Crippen LogP contribution in [0.1, 0.15) is 5.56 Å². The van der Waals surface area contributed by atoms with Gasteiger partial charge in [-0.25, -0.2) is 4.79 Å². The molecule has 0 bridgehead atoms. The molecule has 0 aliphatic carbocycles. The predicted molar refractivity (Wildman–Crippen MR) is 80.5 cm³/mol. The molecule has 0 N–H and O–H groups in total. The molecule has 0 radical (unpaired) electrons. The number of rotatable bonds is 3. The number of benzene rings is 1. The molecule has 7 heteroatoms. The first kappa shape index (κ1) is 13.6. The fourth-order valence-electron chi connectivity index (χ4n) is 2.48. The lowest BCUT2D eigenvalue weighted by molar-refractivity contribution is 0.171. The summed E-state index contributed by atoms with van der Waals surface area (Å²) in [5, 5.41) is 3.85. The van der Waals surface area contributed by atoms with Crippen LogP contribution in [0.15, 0.2) is 52.0 Å². The molecule has 0 saturated carbocycles. The van der Waals surface area contributed by atoms with Crippen molar-refractivity contribution in [3.63, 3.8) is 0 Å². The first-order valence-corrected chi connectivity index (χ1v) is 7.17. The van der Waals surface area contributed by atoms with Gasteiger partial charge in [0.25, 0.3) is 0 Å². The van der Waals surface area contributed by atoms with Crippen molar-refractivity contribution >= 4 is 0 Å². The zero-order valence-corrected chi connectivity index (χ0v) is 12.1. The average Bonchev–Trinajstić information content (AvgIpc) is 2.96. The molecule has 0 saturated heterocycles. The Hall–Kier alpha value is -3.09. The van der Waals surface area contributed by atoms with Gasteiger partial charge in [0.2, 0.25) is 0 Å². The lowest BCUT2D eigenvalue weighted by atomic mass is 10.2. The van der Waals surface area contributed by atoms with Crippen LogP contribution in [0.4, 0.5) is 0 Å². The minimum Gasteiger partial charge on any atom is -0.486 e. The normalized spacial score (nSPS) is 13.0. The van der Waals surface area contributed by atoms with Crippen LogP contribution in [-0.2, 0) is 6.54 Å². The van der Waals surface area contributed by atoms with Gasteiger partial charge in [-0.2, -0.15) is 0 Å². The third-order valence-electron chi connectivity index (χ3n) is 3.55. The first-order valence-electron chi connectivity index (χ1n) is 7.17. The molecule has 7 nitrogen and oxygen atoms in total. The molecule has 1 aliphatic rings. The van der Waals surface area contributed by atoms with Gasteiger partial charge < -0.3 is 9.47 Å². The van der Waals surface area contributed by atoms with Gasteiger partial charge in [-0.05, 0) is 29.8 Å². The summed E-state index contributed by atoms with van der Waals surface area (Å²) in [4.78, 5) is 16.0. The third-order valence-corrected chi connectivity index (χ3v) is 3.55. The highest BCUT2D eigenvalue weighted by Gasteiger charge is 2.16. The van der Waals surface area contributed by atoms with E-state index in [0.717, 1.165) is 11.1 Å². The Balaban J connectivity index is 1.70. The molecule has 116 valence electrons. The summed E-state index contributed by atoms with van der Waals surface area (Å²) in [5.74, 6) is 1.32. The lowest BCUT2D eigenvalue weighted by Crippen LogP contribution is -2.18. The lowest BCUT2D eigenvalue weighted by Gasteiger charge is -2.18. The molecule has 0 atom stereocenters. The molecule has 3 aromatic rings. The Morgan fingerprint density at radius 3 is 2.83 bits per heavy atom. The van der Waals surface area contributed by atoms with E-state index >= 15 is 0 Å². The molecule has 4 rings (SSSR count). The number of fused-ring (bicyclic) bond motifs is 1. The molecule has 23 heavy (non-hydrogen) atoms. The van der Waals surface area contributed by atoms with E-state index in [1.54, 1.807) is 18.5 Å². The molecule has 0 unspecified atom stereocenters. The van der Waals surface area contributed by atoms with Gasteiger partial charge in [0.05, 0.1) is 6.54 Å². The van der Waals surface area contributed by atoms with Crippen molar-refractivity contribution in [3.8, 4) is 22.9 Å². The Labute approximate surface area is 131 Å². The van der Waals surface area contributed by atoms with E-state index in [1.165, 1.54) is 4.57 Å². The standard InChI is InChI=1S/C16H13N3O4/c20-16-19(15(18-23-16)12-2-1-5-17-9-12)10-11-3-4-13-14(8-11)22-7-6-21-13/h1-5,8-9H,6-7,10H2. The zero-order chi connectivity index (χ0) is 15.6. The molecule has 1 aromatic carbocycles. The highest BCUT2D eigenvalue weighted by Crippen LogP contribution is 2.31.